The third kappa shape index (κ3) is 3.15. The van der Waals surface area contributed by atoms with E-state index in [0.29, 0.717) is 47.4 Å². The minimum atomic E-state index is -0.390. The summed E-state index contributed by atoms with van der Waals surface area (Å²) in [4.78, 5) is 30.2. The number of benzene rings is 2. The molecule has 0 radical (unpaired) electrons. The van der Waals surface area contributed by atoms with E-state index >= 15 is 0 Å². The molecule has 7 heteroatoms. The van der Waals surface area contributed by atoms with Crippen molar-refractivity contribution < 1.29 is 4.39 Å². The fourth-order valence-corrected chi connectivity index (χ4v) is 4.99. The third-order valence-corrected chi connectivity index (χ3v) is 6.58. The van der Waals surface area contributed by atoms with Crippen molar-refractivity contribution in [1.82, 2.24) is 14.5 Å². The number of anilines is 1. The van der Waals surface area contributed by atoms with E-state index in [0.717, 1.165) is 19.5 Å². The van der Waals surface area contributed by atoms with Crippen molar-refractivity contribution in [2.24, 2.45) is 11.8 Å². The predicted molar refractivity (Wildman–Crippen MR) is 110 cm³/mol. The first-order chi connectivity index (χ1) is 14.0. The first-order valence-electron chi connectivity index (χ1n) is 10.00. The molecule has 2 aromatic carbocycles. The van der Waals surface area contributed by atoms with E-state index in [2.05, 4.69) is 9.88 Å². The van der Waals surface area contributed by atoms with Gasteiger partial charge in [0.1, 0.15) is 5.82 Å². The van der Waals surface area contributed by atoms with E-state index in [1.54, 1.807) is 18.2 Å². The molecule has 1 aliphatic heterocycles. The van der Waals surface area contributed by atoms with Crippen LogP contribution in [0, 0.1) is 17.7 Å². The van der Waals surface area contributed by atoms with Crippen LogP contribution in [0.15, 0.2) is 52.1 Å². The number of nitrogens with two attached hydrogens (primary N) is 1. The molecule has 29 heavy (non-hydrogen) atoms. The molecule has 150 valence electrons. The molecule has 0 amide bonds. The van der Waals surface area contributed by atoms with Crippen molar-refractivity contribution in [3.63, 3.8) is 0 Å². The van der Waals surface area contributed by atoms with Gasteiger partial charge in [0.2, 0.25) is 0 Å². The lowest BCUT2D eigenvalue weighted by Gasteiger charge is -2.40. The molecule has 3 N–H and O–H groups in total. The third-order valence-electron chi connectivity index (χ3n) is 6.58. The second-order valence-corrected chi connectivity index (χ2v) is 8.27. The summed E-state index contributed by atoms with van der Waals surface area (Å²) in [6, 6.07) is 11.8. The molecule has 0 bridgehead atoms. The van der Waals surface area contributed by atoms with E-state index in [4.69, 9.17) is 5.73 Å². The molecule has 1 aliphatic carbocycles. The van der Waals surface area contributed by atoms with Crippen LogP contribution in [0.1, 0.15) is 17.9 Å². The lowest BCUT2D eigenvalue weighted by Crippen LogP contribution is -2.38. The molecule has 6 nitrogen and oxygen atoms in total. The Hall–Kier alpha value is -2.93. The highest BCUT2D eigenvalue weighted by Gasteiger charge is 2.47. The number of H-pyrrole nitrogens is 1. The van der Waals surface area contributed by atoms with E-state index < -0.39 is 5.69 Å². The van der Waals surface area contributed by atoms with Crippen LogP contribution in [0.3, 0.4) is 0 Å². The maximum Gasteiger partial charge on any atom is 0.328 e. The van der Waals surface area contributed by atoms with E-state index in [1.807, 2.05) is 12.1 Å². The Bertz CT molecular complexity index is 1180. The number of halogens is 1. The van der Waals surface area contributed by atoms with Crippen LogP contribution >= 0.6 is 0 Å². The van der Waals surface area contributed by atoms with Gasteiger partial charge >= 0.3 is 5.69 Å². The fourth-order valence-electron chi connectivity index (χ4n) is 4.99. The van der Waals surface area contributed by atoms with E-state index in [-0.39, 0.29) is 11.4 Å². The van der Waals surface area contributed by atoms with Gasteiger partial charge in [-0.1, -0.05) is 12.1 Å². The molecule has 2 heterocycles. The molecule has 1 saturated heterocycles. The summed E-state index contributed by atoms with van der Waals surface area (Å²) in [6.45, 7) is 2.93. The van der Waals surface area contributed by atoms with Crippen LogP contribution in [0.25, 0.3) is 10.9 Å². The Balaban J connectivity index is 1.29. The second kappa shape index (κ2) is 6.84. The van der Waals surface area contributed by atoms with Gasteiger partial charge in [-0.2, -0.15) is 0 Å². The first kappa shape index (κ1) is 18.1. The number of likely N-dealkylation sites (tertiary alicyclic amines) is 1. The van der Waals surface area contributed by atoms with Gasteiger partial charge in [0, 0.05) is 31.9 Å². The SMILES string of the molecule is Nc1ccc2[nH]c(=O)n(CCN3CC4CC(c5ccc(F)cc5)C4C3)c(=O)c2c1. The topological polar surface area (TPSA) is 84.1 Å². The van der Waals surface area contributed by atoms with Crippen molar-refractivity contribution in [1.29, 1.82) is 0 Å². The van der Waals surface area contributed by atoms with Gasteiger partial charge in [0.05, 0.1) is 10.9 Å². The lowest BCUT2D eigenvalue weighted by molar-refractivity contribution is 0.191. The van der Waals surface area contributed by atoms with E-state index in [9.17, 15) is 14.0 Å². The minimum absolute atomic E-state index is 0.203. The highest BCUT2D eigenvalue weighted by molar-refractivity contribution is 5.80. The van der Waals surface area contributed by atoms with Gasteiger partial charge in [-0.25, -0.2) is 9.18 Å². The van der Waals surface area contributed by atoms with Gasteiger partial charge in [-0.3, -0.25) is 9.36 Å². The summed E-state index contributed by atoms with van der Waals surface area (Å²) >= 11 is 0. The molecule has 1 saturated carbocycles. The molecule has 1 aromatic heterocycles. The molecule has 3 unspecified atom stereocenters. The summed E-state index contributed by atoms with van der Waals surface area (Å²) < 4.78 is 14.4. The summed E-state index contributed by atoms with van der Waals surface area (Å²) in [5.74, 6) is 1.47. The van der Waals surface area contributed by atoms with Crippen LogP contribution in [0.5, 0.6) is 0 Å². The molecular formula is C22H23FN4O2. The summed E-state index contributed by atoms with van der Waals surface area (Å²) in [5, 5.41) is 0.433. The number of hydrogen-bond donors (Lipinski definition) is 2. The van der Waals surface area contributed by atoms with Crippen molar-refractivity contribution in [2.45, 2.75) is 18.9 Å². The molecule has 5 rings (SSSR count). The Labute approximate surface area is 166 Å². The van der Waals surface area contributed by atoms with Gasteiger partial charge in [-0.15, -0.1) is 0 Å². The standard InChI is InChI=1S/C22H23FN4O2/c23-15-3-1-13(2-4-15)17-9-14-11-26(12-19(14)17)7-8-27-21(28)18-10-16(24)5-6-20(18)25-22(27)29/h1-6,10,14,17,19H,7-9,11-12,24H2,(H,25,29). The average Bonchev–Trinajstić information content (AvgIpc) is 3.00. The molecule has 3 atom stereocenters. The lowest BCUT2D eigenvalue weighted by atomic mass is 9.64. The Morgan fingerprint density at radius 1 is 1.07 bits per heavy atom. The second-order valence-electron chi connectivity index (χ2n) is 8.27. The van der Waals surface area contributed by atoms with Crippen molar-refractivity contribution in [3.8, 4) is 0 Å². The largest absolute Gasteiger partial charge is 0.399 e. The number of nitrogens with one attached hydrogen (secondary N) is 1. The number of rotatable bonds is 4. The van der Waals surface area contributed by atoms with Gasteiger partial charge in [0.15, 0.2) is 0 Å². The van der Waals surface area contributed by atoms with E-state index in [1.165, 1.54) is 22.3 Å². The monoisotopic (exact) mass is 394 g/mol. The normalized spacial score (nSPS) is 23.8. The van der Waals surface area contributed by atoms with Crippen LogP contribution in [-0.2, 0) is 6.54 Å². The number of fused-ring (bicyclic) bond motifs is 2. The van der Waals surface area contributed by atoms with Crippen molar-refractivity contribution >= 4 is 16.6 Å². The highest BCUT2D eigenvalue weighted by Crippen LogP contribution is 2.51. The van der Waals surface area contributed by atoms with Crippen LogP contribution in [0.2, 0.25) is 0 Å². The smallest absolute Gasteiger partial charge is 0.328 e. The molecule has 0 spiro atoms. The zero-order chi connectivity index (χ0) is 20.1. The fraction of sp³-hybridized carbons (Fsp3) is 0.364. The highest BCUT2D eigenvalue weighted by atomic mass is 19.1. The molecule has 2 fully saturated rings. The van der Waals surface area contributed by atoms with Gasteiger partial charge < -0.3 is 15.6 Å². The number of nitrogens with zero attached hydrogens (tertiary/aromatic N) is 2. The number of hydrogen-bond acceptors (Lipinski definition) is 4. The average molecular weight is 394 g/mol. The predicted octanol–water partition coefficient (Wildman–Crippen LogP) is 2.15. The zero-order valence-electron chi connectivity index (χ0n) is 16.0. The van der Waals surface area contributed by atoms with Gasteiger partial charge in [-0.05, 0) is 60.1 Å². The Morgan fingerprint density at radius 3 is 2.66 bits per heavy atom. The number of aromatic amines is 1. The van der Waals surface area contributed by atoms with Crippen LogP contribution in [-0.4, -0.2) is 34.1 Å². The summed E-state index contributed by atoms with van der Waals surface area (Å²) in [6.07, 6.45) is 1.11. The summed E-state index contributed by atoms with van der Waals surface area (Å²) in [7, 11) is 0. The molecule has 3 aromatic rings. The quantitative estimate of drug-likeness (QED) is 0.664. The summed E-state index contributed by atoms with van der Waals surface area (Å²) in [5.41, 5.74) is 7.30. The Morgan fingerprint density at radius 2 is 1.86 bits per heavy atom. The first-order valence-corrected chi connectivity index (χ1v) is 10.00. The van der Waals surface area contributed by atoms with Gasteiger partial charge in [0.25, 0.3) is 5.56 Å². The number of nitrogen functional groups attached to an aromatic ring is 1. The maximum absolute atomic E-state index is 13.2. The zero-order valence-corrected chi connectivity index (χ0v) is 16.0. The Kier molecular flexibility index (Phi) is 4.28. The van der Waals surface area contributed by atoms with Crippen molar-refractivity contribution in [2.75, 3.05) is 25.4 Å². The number of aromatic nitrogens is 2. The molecular weight excluding hydrogens is 371 g/mol. The van der Waals surface area contributed by atoms with Crippen LogP contribution in [0.4, 0.5) is 10.1 Å². The van der Waals surface area contributed by atoms with Crippen LogP contribution < -0.4 is 17.0 Å². The molecule has 2 aliphatic rings. The minimum Gasteiger partial charge on any atom is -0.399 e. The maximum atomic E-state index is 13.2. The van der Waals surface area contributed by atoms with Crippen molar-refractivity contribution in [3.05, 3.63) is 74.7 Å².